The maximum Gasteiger partial charge on any atom is 0.317 e. The van der Waals surface area contributed by atoms with E-state index in [9.17, 15) is 9.59 Å². The number of likely N-dealkylation sites (tertiary alicyclic amines) is 1. The van der Waals surface area contributed by atoms with Crippen LogP contribution >= 0.6 is 11.6 Å². The van der Waals surface area contributed by atoms with Crippen LogP contribution in [-0.2, 0) is 4.79 Å². The predicted octanol–water partition coefficient (Wildman–Crippen LogP) is 2.91. The van der Waals surface area contributed by atoms with Crippen molar-refractivity contribution in [2.75, 3.05) is 13.1 Å². The molecule has 2 atom stereocenters. The number of nitrogens with one attached hydrogen (secondary N) is 1. The number of carboxylic acids is 1. The van der Waals surface area contributed by atoms with E-state index in [-0.39, 0.29) is 18.6 Å². The smallest absolute Gasteiger partial charge is 0.317 e. The molecule has 1 heterocycles. The van der Waals surface area contributed by atoms with Crippen molar-refractivity contribution in [2.45, 2.75) is 25.8 Å². The van der Waals surface area contributed by atoms with E-state index in [1.54, 1.807) is 11.0 Å². The Balaban J connectivity index is 1.98. The Morgan fingerprint density at radius 1 is 1.43 bits per heavy atom. The van der Waals surface area contributed by atoms with E-state index >= 15 is 0 Å². The van der Waals surface area contributed by atoms with Gasteiger partial charge in [0.1, 0.15) is 0 Å². The van der Waals surface area contributed by atoms with E-state index in [2.05, 4.69) is 5.32 Å². The highest BCUT2D eigenvalue weighted by Crippen LogP contribution is 2.23. The normalized spacial score (nSPS) is 19.9. The molecule has 0 aliphatic carbocycles. The molecule has 0 radical (unpaired) electrons. The van der Waals surface area contributed by atoms with Gasteiger partial charge in [-0.25, -0.2) is 4.79 Å². The molecule has 2 N–H and O–H groups in total. The van der Waals surface area contributed by atoms with E-state index in [1.165, 1.54) is 0 Å². The van der Waals surface area contributed by atoms with Gasteiger partial charge in [0.15, 0.2) is 0 Å². The highest BCUT2D eigenvalue weighted by Gasteiger charge is 2.28. The first kappa shape index (κ1) is 15.6. The van der Waals surface area contributed by atoms with Crippen molar-refractivity contribution < 1.29 is 14.7 Å². The van der Waals surface area contributed by atoms with Gasteiger partial charge in [0.25, 0.3) is 0 Å². The van der Waals surface area contributed by atoms with Gasteiger partial charge in [-0.1, -0.05) is 29.8 Å². The number of amides is 2. The lowest BCUT2D eigenvalue weighted by molar-refractivity contribution is -0.143. The topological polar surface area (TPSA) is 69.6 Å². The summed E-state index contributed by atoms with van der Waals surface area (Å²) in [7, 11) is 0. The molecular formula is C15H19ClN2O3. The Bertz CT molecular complexity index is 535. The van der Waals surface area contributed by atoms with Crippen LogP contribution in [-0.4, -0.2) is 35.1 Å². The summed E-state index contributed by atoms with van der Waals surface area (Å²) in [5.41, 5.74) is 0.847. The van der Waals surface area contributed by atoms with Gasteiger partial charge in [-0.15, -0.1) is 0 Å². The number of piperidine rings is 1. The summed E-state index contributed by atoms with van der Waals surface area (Å²) in [5, 5.41) is 12.5. The molecule has 0 bridgehead atoms. The number of rotatable bonds is 3. The largest absolute Gasteiger partial charge is 0.481 e. The van der Waals surface area contributed by atoms with Gasteiger partial charge in [-0.2, -0.15) is 0 Å². The number of aliphatic carboxylic acids is 1. The van der Waals surface area contributed by atoms with Crippen molar-refractivity contribution >= 4 is 23.6 Å². The Kier molecular flexibility index (Phi) is 5.07. The average Bonchev–Trinajstić information content (AvgIpc) is 2.47. The minimum Gasteiger partial charge on any atom is -0.481 e. The van der Waals surface area contributed by atoms with Crippen molar-refractivity contribution in [2.24, 2.45) is 5.92 Å². The highest BCUT2D eigenvalue weighted by atomic mass is 35.5. The lowest BCUT2D eigenvalue weighted by atomic mass is 9.98. The molecule has 1 aromatic rings. The number of hydrogen-bond donors (Lipinski definition) is 2. The number of halogens is 1. The van der Waals surface area contributed by atoms with Crippen LogP contribution in [0.3, 0.4) is 0 Å². The first-order valence-electron chi connectivity index (χ1n) is 7.01. The highest BCUT2D eigenvalue weighted by molar-refractivity contribution is 6.31. The standard InChI is InChI=1S/C15H19ClN2O3/c1-10(12-6-2-3-7-13(12)16)17-15(21)18-8-4-5-11(9-18)14(19)20/h2-3,6-7,10-11H,4-5,8-9H2,1H3,(H,17,21)(H,19,20)/t10-,11?/m1/s1. The number of carbonyl (C=O) groups excluding carboxylic acids is 1. The van der Waals surface area contributed by atoms with Crippen LogP contribution < -0.4 is 5.32 Å². The molecule has 1 saturated heterocycles. The molecule has 21 heavy (non-hydrogen) atoms. The lowest BCUT2D eigenvalue weighted by Crippen LogP contribution is -2.47. The molecule has 1 unspecified atom stereocenters. The van der Waals surface area contributed by atoms with Gasteiger partial charge in [0.2, 0.25) is 0 Å². The quantitative estimate of drug-likeness (QED) is 0.902. The summed E-state index contributed by atoms with van der Waals surface area (Å²) < 4.78 is 0. The van der Waals surface area contributed by atoms with Crippen molar-refractivity contribution in [3.8, 4) is 0 Å². The van der Waals surface area contributed by atoms with Crippen LogP contribution in [0.25, 0.3) is 0 Å². The number of nitrogens with zero attached hydrogens (tertiary/aromatic N) is 1. The maximum absolute atomic E-state index is 12.2. The van der Waals surface area contributed by atoms with Crippen molar-refractivity contribution in [1.29, 1.82) is 0 Å². The minimum absolute atomic E-state index is 0.226. The molecule has 2 rings (SSSR count). The Labute approximate surface area is 128 Å². The zero-order valence-corrected chi connectivity index (χ0v) is 12.6. The van der Waals surface area contributed by atoms with E-state index in [0.29, 0.717) is 24.4 Å². The lowest BCUT2D eigenvalue weighted by Gasteiger charge is -2.31. The second-order valence-corrected chi connectivity index (χ2v) is 5.72. The second-order valence-electron chi connectivity index (χ2n) is 5.32. The molecule has 1 fully saturated rings. The summed E-state index contributed by atoms with van der Waals surface area (Å²) in [6.07, 6.45) is 1.34. The van der Waals surface area contributed by atoms with Gasteiger partial charge in [0.05, 0.1) is 12.0 Å². The number of carbonyl (C=O) groups is 2. The van der Waals surface area contributed by atoms with Gasteiger partial charge >= 0.3 is 12.0 Å². The zero-order chi connectivity index (χ0) is 15.4. The number of benzene rings is 1. The molecule has 2 amide bonds. The van der Waals surface area contributed by atoms with Crippen LogP contribution in [0.15, 0.2) is 24.3 Å². The minimum atomic E-state index is -0.841. The molecule has 0 aromatic heterocycles. The third-order valence-corrected chi connectivity index (χ3v) is 4.11. The SMILES string of the molecule is C[C@@H](NC(=O)N1CCCC(C(=O)O)C1)c1ccccc1Cl. The first-order valence-corrected chi connectivity index (χ1v) is 7.39. The molecule has 114 valence electrons. The third kappa shape index (κ3) is 3.88. The Morgan fingerprint density at radius 3 is 2.81 bits per heavy atom. The Morgan fingerprint density at radius 2 is 2.14 bits per heavy atom. The van der Waals surface area contributed by atoms with Gasteiger partial charge in [0, 0.05) is 18.1 Å². The van der Waals surface area contributed by atoms with Crippen molar-refractivity contribution in [3.63, 3.8) is 0 Å². The number of carboxylic acid groups (broad SMARTS) is 1. The predicted molar refractivity (Wildman–Crippen MR) is 80.3 cm³/mol. The van der Waals surface area contributed by atoms with E-state index in [1.807, 2.05) is 25.1 Å². The second kappa shape index (κ2) is 6.80. The van der Waals surface area contributed by atoms with E-state index < -0.39 is 11.9 Å². The molecule has 0 saturated carbocycles. The molecular weight excluding hydrogens is 292 g/mol. The molecule has 5 nitrogen and oxygen atoms in total. The molecule has 1 aromatic carbocycles. The Hall–Kier alpha value is -1.75. The van der Waals surface area contributed by atoms with Gasteiger partial charge in [-0.3, -0.25) is 4.79 Å². The molecule has 1 aliphatic rings. The van der Waals surface area contributed by atoms with Crippen molar-refractivity contribution in [1.82, 2.24) is 10.2 Å². The summed E-state index contributed by atoms with van der Waals surface area (Å²) in [6, 6.07) is 6.88. The van der Waals surface area contributed by atoms with Crippen LogP contribution in [0, 0.1) is 5.92 Å². The number of urea groups is 1. The summed E-state index contributed by atoms with van der Waals surface area (Å²) in [6.45, 7) is 2.71. The number of hydrogen-bond acceptors (Lipinski definition) is 2. The summed E-state index contributed by atoms with van der Waals surface area (Å²) in [4.78, 5) is 24.8. The average molecular weight is 311 g/mol. The first-order chi connectivity index (χ1) is 9.99. The van der Waals surface area contributed by atoms with Crippen LogP contribution in [0.1, 0.15) is 31.4 Å². The monoisotopic (exact) mass is 310 g/mol. The van der Waals surface area contributed by atoms with E-state index in [4.69, 9.17) is 16.7 Å². The van der Waals surface area contributed by atoms with Gasteiger partial charge in [-0.05, 0) is 31.4 Å². The zero-order valence-electron chi connectivity index (χ0n) is 11.9. The molecule has 0 spiro atoms. The van der Waals surface area contributed by atoms with Crippen molar-refractivity contribution in [3.05, 3.63) is 34.9 Å². The van der Waals surface area contributed by atoms with E-state index in [0.717, 1.165) is 5.56 Å². The molecule has 1 aliphatic heterocycles. The summed E-state index contributed by atoms with van der Waals surface area (Å²) >= 11 is 6.11. The van der Waals surface area contributed by atoms with Crippen LogP contribution in [0.2, 0.25) is 5.02 Å². The third-order valence-electron chi connectivity index (χ3n) is 3.77. The summed E-state index contributed by atoms with van der Waals surface area (Å²) in [5.74, 6) is -1.31. The molecule has 6 heteroatoms. The fourth-order valence-corrected chi connectivity index (χ4v) is 2.84. The maximum atomic E-state index is 12.2. The van der Waals surface area contributed by atoms with Crippen LogP contribution in [0.5, 0.6) is 0 Å². The van der Waals surface area contributed by atoms with Crippen LogP contribution in [0.4, 0.5) is 4.79 Å². The fourth-order valence-electron chi connectivity index (χ4n) is 2.54. The van der Waals surface area contributed by atoms with Gasteiger partial charge < -0.3 is 15.3 Å². The fraction of sp³-hybridized carbons (Fsp3) is 0.467.